The quantitative estimate of drug-likeness (QED) is 0.108. The molecule has 0 aliphatic heterocycles. The Labute approximate surface area is 254 Å². The summed E-state index contributed by atoms with van der Waals surface area (Å²) in [6.07, 6.45) is 3.61. The van der Waals surface area contributed by atoms with E-state index in [4.69, 9.17) is 0 Å². The van der Waals surface area contributed by atoms with Gasteiger partial charge in [-0.2, -0.15) is 36.4 Å². The topological polar surface area (TPSA) is 9.86 Å². The average molecular weight is 590 g/mol. The van der Waals surface area contributed by atoms with E-state index >= 15 is 0 Å². The second-order valence-electron chi connectivity index (χ2n) is 8.99. The number of rotatable bonds is 2. The molecular formula is C34H30F4N2Ti. The van der Waals surface area contributed by atoms with E-state index in [1.807, 2.05) is 113 Å². The first-order valence-corrected chi connectivity index (χ1v) is 12.6. The van der Waals surface area contributed by atoms with Crippen LogP contribution in [0.2, 0.25) is 0 Å². The third kappa shape index (κ3) is 10.2. The Balaban J connectivity index is 0.000000211. The van der Waals surface area contributed by atoms with Gasteiger partial charge >= 0.3 is 21.7 Å². The first kappa shape index (κ1) is 33.3. The molecule has 7 heteroatoms. The van der Waals surface area contributed by atoms with Crippen LogP contribution in [0.3, 0.4) is 0 Å². The molecule has 0 aliphatic rings. The zero-order valence-electron chi connectivity index (χ0n) is 23.3. The van der Waals surface area contributed by atoms with Crippen molar-refractivity contribution in [3.05, 3.63) is 167 Å². The number of hydrogen-bond acceptors (Lipinski definition) is 0. The summed E-state index contributed by atoms with van der Waals surface area (Å²) in [5, 5.41) is 0. The minimum atomic E-state index is -0.683. The van der Waals surface area contributed by atoms with Gasteiger partial charge in [0.1, 0.15) is 0 Å². The summed E-state index contributed by atoms with van der Waals surface area (Å²) in [6, 6.07) is 33.1. The zero-order chi connectivity index (χ0) is 29.1. The van der Waals surface area contributed by atoms with Crippen molar-refractivity contribution in [3.63, 3.8) is 0 Å². The van der Waals surface area contributed by atoms with Crippen molar-refractivity contribution in [2.75, 3.05) is 0 Å². The SMILES string of the molecule is Cc1cc(C)n(-c2ccc(F)[c-]c2F)c1.Cc1cc(C)n(-c2ccc(F)[c-]c2F)c1.[Ti+4].c1cc[cH-]c1.c1cc[cH-]c1. The maximum absolute atomic E-state index is 13.4. The molecule has 6 aromatic rings. The Morgan fingerprint density at radius 1 is 0.561 bits per heavy atom. The van der Waals surface area contributed by atoms with Gasteiger partial charge in [0.15, 0.2) is 0 Å². The van der Waals surface area contributed by atoms with Gasteiger partial charge in [0.2, 0.25) is 0 Å². The van der Waals surface area contributed by atoms with Gasteiger partial charge < -0.3 is 9.13 Å². The molecule has 2 nitrogen and oxygen atoms in total. The van der Waals surface area contributed by atoms with Crippen LogP contribution in [0.1, 0.15) is 22.5 Å². The third-order valence-corrected chi connectivity index (χ3v) is 5.61. The van der Waals surface area contributed by atoms with Crippen LogP contribution in [-0.2, 0) is 21.7 Å². The van der Waals surface area contributed by atoms with Gasteiger partial charge in [0, 0.05) is 34.7 Å². The number of aromatic nitrogens is 2. The van der Waals surface area contributed by atoms with E-state index in [9.17, 15) is 17.6 Å². The third-order valence-electron chi connectivity index (χ3n) is 5.61. The molecule has 0 radical (unpaired) electrons. The van der Waals surface area contributed by atoms with Gasteiger partial charge in [-0.25, -0.2) is 41.8 Å². The number of nitrogens with zero attached hydrogens (tertiary/aromatic N) is 2. The summed E-state index contributed by atoms with van der Waals surface area (Å²) < 4.78 is 55.5. The van der Waals surface area contributed by atoms with Crippen molar-refractivity contribution in [1.82, 2.24) is 9.13 Å². The average Bonchev–Trinajstić information content (AvgIpc) is 3.71. The predicted molar refractivity (Wildman–Crippen MR) is 152 cm³/mol. The Bertz CT molecular complexity index is 1430. The van der Waals surface area contributed by atoms with Crippen LogP contribution >= 0.6 is 0 Å². The van der Waals surface area contributed by atoms with Gasteiger partial charge in [-0.15, -0.1) is 36.4 Å². The first-order valence-electron chi connectivity index (χ1n) is 12.6. The second-order valence-corrected chi connectivity index (χ2v) is 8.99. The summed E-state index contributed by atoms with van der Waals surface area (Å²) in [5.41, 5.74) is 4.54. The van der Waals surface area contributed by atoms with Gasteiger partial charge in [-0.05, 0) is 74.7 Å². The molecule has 0 bridgehead atoms. The van der Waals surface area contributed by atoms with E-state index < -0.39 is 23.3 Å². The summed E-state index contributed by atoms with van der Waals surface area (Å²) in [4.78, 5) is 0. The van der Waals surface area contributed by atoms with Crippen LogP contribution < -0.4 is 0 Å². The number of hydrogen-bond donors (Lipinski definition) is 0. The first-order chi connectivity index (χ1) is 19.2. The Morgan fingerprint density at radius 2 is 0.902 bits per heavy atom. The maximum atomic E-state index is 13.4. The van der Waals surface area contributed by atoms with Crippen LogP contribution in [0.15, 0.2) is 109 Å². The normalized spacial score (nSPS) is 9.76. The second kappa shape index (κ2) is 16.4. The number of halogens is 4. The largest absolute Gasteiger partial charge is 4.00 e. The van der Waals surface area contributed by atoms with Crippen LogP contribution in [0.25, 0.3) is 11.4 Å². The molecule has 0 saturated carbocycles. The van der Waals surface area contributed by atoms with Crippen molar-refractivity contribution in [2.45, 2.75) is 27.7 Å². The molecule has 2 heterocycles. The molecule has 0 fully saturated rings. The van der Waals surface area contributed by atoms with E-state index in [2.05, 4.69) is 0 Å². The molecule has 2 aromatic heterocycles. The van der Waals surface area contributed by atoms with Gasteiger partial charge in [0.25, 0.3) is 0 Å². The molecule has 4 aromatic carbocycles. The number of aryl methyl sites for hydroxylation is 4. The monoisotopic (exact) mass is 590 g/mol. The molecule has 0 aliphatic carbocycles. The van der Waals surface area contributed by atoms with Crippen molar-refractivity contribution < 1.29 is 39.3 Å². The summed E-state index contributed by atoms with van der Waals surface area (Å²) >= 11 is 0. The fourth-order valence-corrected chi connectivity index (χ4v) is 3.89. The zero-order valence-corrected chi connectivity index (χ0v) is 24.9. The predicted octanol–water partition coefficient (Wildman–Crippen LogP) is 9.15. The van der Waals surface area contributed by atoms with E-state index in [1.165, 1.54) is 24.3 Å². The molecule has 0 spiro atoms. The molecule has 0 N–H and O–H groups in total. The molecule has 0 amide bonds. The fraction of sp³-hybridized carbons (Fsp3) is 0.118. The van der Waals surface area contributed by atoms with Crippen LogP contribution in [-0.4, -0.2) is 9.13 Å². The summed E-state index contributed by atoms with van der Waals surface area (Å²) in [6.45, 7) is 7.59. The van der Waals surface area contributed by atoms with Crippen molar-refractivity contribution in [2.24, 2.45) is 0 Å². The summed E-state index contributed by atoms with van der Waals surface area (Å²) in [5.74, 6) is -2.71. The van der Waals surface area contributed by atoms with E-state index in [1.54, 1.807) is 21.5 Å². The molecule has 0 saturated heterocycles. The molecule has 208 valence electrons. The number of benzene rings is 2. The minimum Gasteiger partial charge on any atom is -0.372 e. The van der Waals surface area contributed by atoms with E-state index in [0.29, 0.717) is 11.4 Å². The fourth-order valence-electron chi connectivity index (χ4n) is 3.89. The smallest absolute Gasteiger partial charge is 0.372 e. The maximum Gasteiger partial charge on any atom is 4.00 e. The Morgan fingerprint density at radius 3 is 1.12 bits per heavy atom. The van der Waals surface area contributed by atoms with Crippen molar-refractivity contribution in [1.29, 1.82) is 0 Å². The van der Waals surface area contributed by atoms with Gasteiger partial charge in [-0.1, -0.05) is 0 Å². The van der Waals surface area contributed by atoms with Crippen LogP contribution in [0.4, 0.5) is 17.6 Å². The Hall–Kier alpha value is -3.87. The minimum absolute atomic E-state index is 0. The van der Waals surface area contributed by atoms with Gasteiger partial charge in [-0.3, -0.25) is 0 Å². The van der Waals surface area contributed by atoms with Crippen LogP contribution in [0, 0.1) is 63.1 Å². The van der Waals surface area contributed by atoms with Crippen molar-refractivity contribution in [3.8, 4) is 11.4 Å². The van der Waals surface area contributed by atoms with Crippen molar-refractivity contribution >= 4 is 0 Å². The van der Waals surface area contributed by atoms with E-state index in [0.717, 1.165) is 22.5 Å². The molecule has 6 rings (SSSR count). The molecule has 0 unspecified atom stereocenters. The van der Waals surface area contributed by atoms with Crippen LogP contribution in [0.5, 0.6) is 0 Å². The Kier molecular flexibility index (Phi) is 13.3. The molecule has 41 heavy (non-hydrogen) atoms. The molecular weight excluding hydrogens is 560 g/mol. The molecule has 0 atom stereocenters. The standard InChI is InChI=1S/2C12H10F2N.2C5H5.Ti/c2*1-8-5-9(2)15(7-8)12-4-3-10(13)6-11(12)14;2*1-2-4-5-3-1;/h2*3-5,7H,1-2H3;2*1-5H;/q4*-1;+4. The van der Waals surface area contributed by atoms with E-state index in [-0.39, 0.29) is 21.7 Å². The summed E-state index contributed by atoms with van der Waals surface area (Å²) in [7, 11) is 0. The van der Waals surface area contributed by atoms with Gasteiger partial charge in [0.05, 0.1) is 0 Å².